The van der Waals surface area contributed by atoms with Gasteiger partial charge in [0.25, 0.3) is 0 Å². The van der Waals surface area contributed by atoms with Crippen LogP contribution in [0, 0.1) is 0 Å². The Balaban J connectivity index is 0.00000259. The summed E-state index contributed by atoms with van der Waals surface area (Å²) >= 11 is 7.11. The molecule has 10 heteroatoms. The third kappa shape index (κ3) is 4.98. The smallest absolute Gasteiger partial charge is 0.406 e. The Morgan fingerprint density at radius 2 is 1.88 bits per heavy atom. The zero-order chi connectivity index (χ0) is 22.3. The van der Waals surface area contributed by atoms with E-state index in [2.05, 4.69) is 38.5 Å². The molecule has 2 heterocycles. The average Bonchev–Trinajstić information content (AvgIpc) is 3.14. The van der Waals surface area contributed by atoms with E-state index in [0.717, 1.165) is 53.9 Å². The molecule has 3 aromatic rings. The lowest BCUT2D eigenvalue weighted by Gasteiger charge is -2.36. The number of alkyl halides is 4. The van der Waals surface area contributed by atoms with Crippen LogP contribution >= 0.6 is 24.0 Å². The second kappa shape index (κ2) is 9.16. The molecule has 0 spiro atoms. The van der Waals surface area contributed by atoms with E-state index in [1.54, 1.807) is 12.4 Å². The summed E-state index contributed by atoms with van der Waals surface area (Å²) < 4.78 is 43.8. The number of benzene rings is 2. The van der Waals surface area contributed by atoms with Crippen LogP contribution in [-0.4, -0.2) is 21.1 Å². The summed E-state index contributed by atoms with van der Waals surface area (Å²) in [5.74, 6) is 0.847. The summed E-state index contributed by atoms with van der Waals surface area (Å²) in [4.78, 5) is -0.492. The second-order valence-electron chi connectivity index (χ2n) is 8.42. The number of nitrogens with one attached hydrogen (secondary N) is 1. The highest BCUT2D eigenvalue weighted by Crippen LogP contribution is 2.48. The fourth-order valence-electron chi connectivity index (χ4n) is 4.79. The SMILES string of the molecule is Cl.FC(F)(F)Oc1cccc(C2CCC(Cl)(c3ccc4c(c3)CNCc3nncn3-4)CC2)c1. The first-order valence-electron chi connectivity index (χ1n) is 10.6. The second-order valence-corrected chi connectivity index (χ2v) is 9.15. The number of rotatable bonds is 3. The van der Waals surface area contributed by atoms with Gasteiger partial charge >= 0.3 is 6.36 Å². The van der Waals surface area contributed by atoms with E-state index >= 15 is 0 Å². The van der Waals surface area contributed by atoms with Crippen molar-refractivity contribution in [2.24, 2.45) is 0 Å². The quantitative estimate of drug-likeness (QED) is 0.451. The third-order valence-electron chi connectivity index (χ3n) is 6.41. The van der Waals surface area contributed by atoms with Crippen molar-refractivity contribution in [3.05, 3.63) is 71.3 Å². The summed E-state index contributed by atoms with van der Waals surface area (Å²) in [5, 5.41) is 11.5. The van der Waals surface area contributed by atoms with Gasteiger partial charge in [0.05, 0.1) is 17.1 Å². The molecule has 0 atom stereocenters. The molecule has 0 amide bonds. The van der Waals surface area contributed by atoms with Crippen LogP contribution in [0.4, 0.5) is 13.2 Å². The molecule has 0 saturated heterocycles. The molecule has 1 aliphatic heterocycles. The van der Waals surface area contributed by atoms with Crippen LogP contribution in [0.1, 0.15) is 54.1 Å². The van der Waals surface area contributed by atoms with Crippen molar-refractivity contribution < 1.29 is 17.9 Å². The number of aromatic nitrogens is 3. The number of halogens is 5. The Bertz CT molecular complexity index is 1130. The van der Waals surface area contributed by atoms with Crippen molar-refractivity contribution in [1.82, 2.24) is 20.1 Å². The van der Waals surface area contributed by atoms with E-state index in [4.69, 9.17) is 11.6 Å². The van der Waals surface area contributed by atoms with Gasteiger partial charge in [-0.1, -0.05) is 24.3 Å². The van der Waals surface area contributed by atoms with Gasteiger partial charge in [-0.3, -0.25) is 4.57 Å². The third-order valence-corrected chi connectivity index (χ3v) is 7.01. The van der Waals surface area contributed by atoms with Crippen LogP contribution < -0.4 is 10.1 Å². The Kier molecular flexibility index (Phi) is 6.62. The largest absolute Gasteiger partial charge is 0.573 e. The number of hydrogen-bond acceptors (Lipinski definition) is 4. The summed E-state index contributed by atoms with van der Waals surface area (Å²) in [5.41, 5.74) is 4.12. The normalized spacial score (nSPS) is 22.5. The van der Waals surface area contributed by atoms with Gasteiger partial charge in [-0.2, -0.15) is 0 Å². The topological polar surface area (TPSA) is 52.0 Å². The van der Waals surface area contributed by atoms with Crippen molar-refractivity contribution >= 4 is 24.0 Å². The molecule has 1 fully saturated rings. The lowest BCUT2D eigenvalue weighted by atomic mass is 9.75. The molecule has 176 valence electrons. The number of fused-ring (bicyclic) bond motifs is 3. The summed E-state index contributed by atoms with van der Waals surface area (Å²) in [6.45, 7) is 1.36. The molecule has 33 heavy (non-hydrogen) atoms. The number of nitrogens with zero attached hydrogens (tertiary/aromatic N) is 3. The highest BCUT2D eigenvalue weighted by Gasteiger charge is 2.36. The molecular formula is C23H23Cl2F3N4O. The van der Waals surface area contributed by atoms with Crippen LogP contribution in [0.15, 0.2) is 48.8 Å². The minimum atomic E-state index is -4.69. The molecule has 2 aromatic carbocycles. The van der Waals surface area contributed by atoms with Gasteiger partial charge < -0.3 is 10.1 Å². The fraction of sp³-hybridized carbons (Fsp3) is 0.391. The van der Waals surface area contributed by atoms with Crippen LogP contribution in [0.5, 0.6) is 5.75 Å². The van der Waals surface area contributed by atoms with E-state index in [9.17, 15) is 13.2 Å². The van der Waals surface area contributed by atoms with Gasteiger partial charge in [-0.05, 0) is 66.5 Å². The average molecular weight is 499 g/mol. The Morgan fingerprint density at radius 1 is 1.09 bits per heavy atom. The maximum absolute atomic E-state index is 12.6. The van der Waals surface area contributed by atoms with Crippen molar-refractivity contribution in [1.29, 1.82) is 0 Å². The molecule has 0 unspecified atom stereocenters. The van der Waals surface area contributed by atoms with Gasteiger partial charge in [-0.25, -0.2) is 0 Å². The Hall–Kier alpha value is -2.29. The first kappa shape index (κ1) is 23.9. The monoisotopic (exact) mass is 498 g/mol. The molecule has 1 aromatic heterocycles. The zero-order valence-electron chi connectivity index (χ0n) is 17.6. The van der Waals surface area contributed by atoms with Crippen molar-refractivity contribution in [3.63, 3.8) is 0 Å². The predicted octanol–water partition coefficient (Wildman–Crippen LogP) is 5.98. The van der Waals surface area contributed by atoms with Crippen molar-refractivity contribution in [2.75, 3.05) is 0 Å². The van der Waals surface area contributed by atoms with E-state index in [0.29, 0.717) is 13.1 Å². The molecule has 2 aliphatic rings. The van der Waals surface area contributed by atoms with E-state index in [-0.39, 0.29) is 24.1 Å². The lowest BCUT2D eigenvalue weighted by Crippen LogP contribution is -2.26. The van der Waals surface area contributed by atoms with E-state index in [1.807, 2.05) is 10.6 Å². The lowest BCUT2D eigenvalue weighted by molar-refractivity contribution is -0.274. The Morgan fingerprint density at radius 3 is 2.64 bits per heavy atom. The molecule has 5 rings (SSSR count). The minimum Gasteiger partial charge on any atom is -0.406 e. The Labute approximate surface area is 200 Å². The van der Waals surface area contributed by atoms with Crippen LogP contribution in [0.2, 0.25) is 0 Å². The van der Waals surface area contributed by atoms with Crippen molar-refractivity contribution in [2.45, 2.75) is 55.9 Å². The van der Waals surface area contributed by atoms with Gasteiger partial charge in [-0.15, -0.1) is 47.4 Å². The zero-order valence-corrected chi connectivity index (χ0v) is 19.2. The molecule has 1 N–H and O–H groups in total. The van der Waals surface area contributed by atoms with Gasteiger partial charge in [0, 0.05) is 6.54 Å². The number of ether oxygens (including phenoxy) is 1. The predicted molar refractivity (Wildman–Crippen MR) is 121 cm³/mol. The van der Waals surface area contributed by atoms with Crippen LogP contribution in [0.3, 0.4) is 0 Å². The minimum absolute atomic E-state index is 0. The van der Waals surface area contributed by atoms with Gasteiger partial charge in [0.1, 0.15) is 12.1 Å². The summed E-state index contributed by atoms with van der Waals surface area (Å²) in [7, 11) is 0. The van der Waals surface area contributed by atoms with Crippen LogP contribution in [0.25, 0.3) is 5.69 Å². The fourth-order valence-corrected chi connectivity index (χ4v) is 5.13. The summed E-state index contributed by atoms with van der Waals surface area (Å²) in [6, 6.07) is 12.6. The molecule has 1 aliphatic carbocycles. The van der Waals surface area contributed by atoms with E-state index < -0.39 is 11.2 Å². The maximum atomic E-state index is 12.6. The molecular weight excluding hydrogens is 476 g/mol. The first-order valence-corrected chi connectivity index (χ1v) is 11.0. The molecule has 0 bridgehead atoms. The molecule has 5 nitrogen and oxygen atoms in total. The van der Waals surface area contributed by atoms with Gasteiger partial charge in [0.15, 0.2) is 5.82 Å². The maximum Gasteiger partial charge on any atom is 0.573 e. The summed E-state index contributed by atoms with van der Waals surface area (Å²) in [6.07, 6.45) is 0.110. The van der Waals surface area contributed by atoms with Gasteiger partial charge in [0.2, 0.25) is 0 Å². The molecule has 1 saturated carbocycles. The highest BCUT2D eigenvalue weighted by molar-refractivity contribution is 6.24. The standard InChI is InChI=1S/C23H22ClF3N4O.ClH/c24-22(18-4-5-20-17(10-18)12-28-13-21-30-29-14-31(20)21)8-6-15(7-9-22)16-2-1-3-19(11-16)32-23(25,26)27;/h1-5,10-11,14-15,28H,6-9,12-13H2;1H. The van der Waals surface area contributed by atoms with E-state index in [1.165, 1.54) is 12.1 Å². The highest BCUT2D eigenvalue weighted by atomic mass is 35.5. The molecule has 0 radical (unpaired) electrons. The van der Waals surface area contributed by atoms with Crippen LogP contribution in [-0.2, 0) is 18.0 Å². The number of hydrogen-bond donors (Lipinski definition) is 1. The van der Waals surface area contributed by atoms with Crippen molar-refractivity contribution in [3.8, 4) is 11.4 Å². The first-order chi connectivity index (χ1) is 15.3.